The molecule has 0 aromatic heterocycles. The summed E-state index contributed by atoms with van der Waals surface area (Å²) in [7, 11) is 3.03. The highest BCUT2D eigenvalue weighted by Gasteiger charge is 2.25. The number of ether oxygens (including phenoxy) is 3. The summed E-state index contributed by atoms with van der Waals surface area (Å²) in [6.45, 7) is 1.21. The van der Waals surface area contributed by atoms with Crippen molar-refractivity contribution in [2.45, 2.75) is 12.8 Å². The Morgan fingerprint density at radius 1 is 1.37 bits per heavy atom. The number of carbonyl (C=O) groups excluding carboxylic acids is 1. The number of methoxy groups -OCH3 is 2. The maximum atomic E-state index is 12.4. The van der Waals surface area contributed by atoms with E-state index in [0.717, 1.165) is 19.4 Å². The highest BCUT2D eigenvalue weighted by molar-refractivity contribution is 6.32. The lowest BCUT2D eigenvalue weighted by molar-refractivity contribution is 0.0461. The number of halogens is 1. The zero-order valence-corrected chi connectivity index (χ0v) is 11.8. The third-order valence-electron chi connectivity index (χ3n) is 3.25. The SMILES string of the molecule is COc1cc(C(=O)C2CCCOC2)cc(Cl)c1OC. The molecule has 0 bridgehead atoms. The summed E-state index contributed by atoms with van der Waals surface area (Å²) in [6, 6.07) is 3.29. The Morgan fingerprint density at radius 2 is 2.16 bits per heavy atom. The van der Waals surface area contributed by atoms with Gasteiger partial charge in [-0.05, 0) is 25.0 Å². The van der Waals surface area contributed by atoms with Crippen LogP contribution in [0.4, 0.5) is 0 Å². The molecule has 19 heavy (non-hydrogen) atoms. The van der Waals surface area contributed by atoms with E-state index in [9.17, 15) is 4.79 Å². The van der Waals surface area contributed by atoms with Crippen LogP contribution in [0.2, 0.25) is 5.02 Å². The molecule has 1 aliphatic rings. The van der Waals surface area contributed by atoms with Crippen LogP contribution >= 0.6 is 11.6 Å². The van der Waals surface area contributed by atoms with Gasteiger partial charge < -0.3 is 14.2 Å². The van der Waals surface area contributed by atoms with Gasteiger partial charge in [0, 0.05) is 18.1 Å². The predicted molar refractivity (Wildman–Crippen MR) is 72.4 cm³/mol. The molecule has 2 rings (SSSR count). The summed E-state index contributed by atoms with van der Waals surface area (Å²) in [6.07, 6.45) is 1.77. The number of ketones is 1. The molecule has 0 amide bonds. The lowest BCUT2D eigenvalue weighted by Crippen LogP contribution is -2.25. The van der Waals surface area contributed by atoms with Gasteiger partial charge >= 0.3 is 0 Å². The van der Waals surface area contributed by atoms with E-state index in [0.29, 0.717) is 28.7 Å². The third-order valence-corrected chi connectivity index (χ3v) is 3.53. The quantitative estimate of drug-likeness (QED) is 0.798. The minimum absolute atomic E-state index is 0.0440. The first-order chi connectivity index (χ1) is 9.17. The minimum Gasteiger partial charge on any atom is -0.493 e. The van der Waals surface area contributed by atoms with E-state index in [1.54, 1.807) is 12.1 Å². The third kappa shape index (κ3) is 3.01. The van der Waals surface area contributed by atoms with Crippen molar-refractivity contribution in [3.8, 4) is 11.5 Å². The van der Waals surface area contributed by atoms with Gasteiger partial charge in [0.2, 0.25) is 0 Å². The molecule has 4 nitrogen and oxygen atoms in total. The first kappa shape index (κ1) is 14.2. The van der Waals surface area contributed by atoms with Gasteiger partial charge in [0.25, 0.3) is 0 Å². The maximum Gasteiger partial charge on any atom is 0.179 e. The summed E-state index contributed by atoms with van der Waals surface area (Å²) in [5, 5.41) is 0.377. The van der Waals surface area contributed by atoms with E-state index in [4.69, 9.17) is 25.8 Å². The molecule has 0 N–H and O–H groups in total. The van der Waals surface area contributed by atoms with Crippen molar-refractivity contribution in [1.82, 2.24) is 0 Å². The molecule has 1 saturated heterocycles. The molecule has 1 atom stereocenters. The summed E-state index contributed by atoms with van der Waals surface area (Å²) in [5.74, 6) is 0.862. The van der Waals surface area contributed by atoms with Gasteiger partial charge in [0.1, 0.15) is 0 Å². The van der Waals surface area contributed by atoms with Crippen molar-refractivity contribution in [1.29, 1.82) is 0 Å². The van der Waals surface area contributed by atoms with Crippen molar-refractivity contribution < 1.29 is 19.0 Å². The molecular formula is C14H17ClO4. The number of hydrogen-bond acceptors (Lipinski definition) is 4. The molecule has 0 spiro atoms. The fraction of sp³-hybridized carbons (Fsp3) is 0.500. The second kappa shape index (κ2) is 6.26. The van der Waals surface area contributed by atoms with Crippen molar-refractivity contribution in [2.75, 3.05) is 27.4 Å². The van der Waals surface area contributed by atoms with E-state index in [2.05, 4.69) is 0 Å². The van der Waals surface area contributed by atoms with Gasteiger partial charge in [0.05, 0.1) is 25.8 Å². The van der Waals surface area contributed by atoms with Gasteiger partial charge in [-0.3, -0.25) is 4.79 Å². The molecule has 1 heterocycles. The van der Waals surface area contributed by atoms with Crippen LogP contribution in [0.25, 0.3) is 0 Å². The van der Waals surface area contributed by atoms with Crippen LogP contribution in [0.15, 0.2) is 12.1 Å². The zero-order chi connectivity index (χ0) is 13.8. The van der Waals surface area contributed by atoms with Crippen molar-refractivity contribution in [3.05, 3.63) is 22.7 Å². The number of hydrogen-bond donors (Lipinski definition) is 0. The molecule has 5 heteroatoms. The van der Waals surface area contributed by atoms with Crippen LogP contribution in [0, 0.1) is 5.92 Å². The highest BCUT2D eigenvalue weighted by Crippen LogP contribution is 2.37. The zero-order valence-electron chi connectivity index (χ0n) is 11.1. The first-order valence-electron chi connectivity index (χ1n) is 6.21. The molecule has 1 aromatic rings. The van der Waals surface area contributed by atoms with Gasteiger partial charge in [-0.1, -0.05) is 11.6 Å². The molecule has 1 fully saturated rings. The van der Waals surface area contributed by atoms with E-state index in [-0.39, 0.29) is 11.7 Å². The fourth-order valence-electron chi connectivity index (χ4n) is 2.24. The molecule has 1 unspecified atom stereocenters. The van der Waals surface area contributed by atoms with E-state index in [1.165, 1.54) is 14.2 Å². The summed E-state index contributed by atoms with van der Waals surface area (Å²) < 4.78 is 15.7. The minimum atomic E-state index is -0.0945. The highest BCUT2D eigenvalue weighted by atomic mass is 35.5. The molecular weight excluding hydrogens is 268 g/mol. The van der Waals surface area contributed by atoms with Gasteiger partial charge in [-0.15, -0.1) is 0 Å². The topological polar surface area (TPSA) is 44.8 Å². The van der Waals surface area contributed by atoms with Gasteiger partial charge in [0.15, 0.2) is 17.3 Å². The van der Waals surface area contributed by atoms with Crippen LogP contribution in [0.5, 0.6) is 11.5 Å². The average molecular weight is 285 g/mol. The molecule has 0 aliphatic carbocycles. The van der Waals surface area contributed by atoms with Crippen LogP contribution in [-0.4, -0.2) is 33.2 Å². The lowest BCUT2D eigenvalue weighted by atomic mass is 9.92. The monoisotopic (exact) mass is 284 g/mol. The van der Waals surface area contributed by atoms with Crippen LogP contribution in [0.3, 0.4) is 0 Å². The largest absolute Gasteiger partial charge is 0.493 e. The van der Waals surface area contributed by atoms with Gasteiger partial charge in [-0.2, -0.15) is 0 Å². The normalized spacial score (nSPS) is 19.0. The smallest absolute Gasteiger partial charge is 0.179 e. The first-order valence-corrected chi connectivity index (χ1v) is 6.58. The summed E-state index contributed by atoms with van der Waals surface area (Å²) in [5.41, 5.74) is 0.540. The molecule has 0 saturated carbocycles. The molecule has 104 valence electrons. The predicted octanol–water partition coefficient (Wildman–Crippen LogP) is 2.97. The summed E-state index contributed by atoms with van der Waals surface area (Å²) >= 11 is 6.11. The van der Waals surface area contributed by atoms with E-state index < -0.39 is 0 Å². The van der Waals surface area contributed by atoms with Gasteiger partial charge in [-0.25, -0.2) is 0 Å². The number of benzene rings is 1. The second-order valence-corrected chi connectivity index (χ2v) is 4.88. The van der Waals surface area contributed by atoms with Crippen molar-refractivity contribution >= 4 is 17.4 Å². The summed E-state index contributed by atoms with van der Waals surface area (Å²) in [4.78, 5) is 12.4. The van der Waals surface area contributed by atoms with Crippen LogP contribution < -0.4 is 9.47 Å². The number of carbonyl (C=O) groups is 1. The Kier molecular flexibility index (Phi) is 4.66. The van der Waals surface area contributed by atoms with Crippen molar-refractivity contribution in [2.24, 2.45) is 5.92 Å². The average Bonchev–Trinajstić information content (AvgIpc) is 2.46. The van der Waals surface area contributed by atoms with E-state index in [1.807, 2.05) is 0 Å². The Balaban J connectivity index is 2.29. The fourth-order valence-corrected chi connectivity index (χ4v) is 2.53. The Bertz CT molecular complexity index is 467. The molecule has 1 aliphatic heterocycles. The Hall–Kier alpha value is -1.26. The van der Waals surface area contributed by atoms with Crippen LogP contribution in [0.1, 0.15) is 23.2 Å². The Labute approximate surface area is 117 Å². The number of rotatable bonds is 4. The molecule has 0 radical (unpaired) electrons. The standard InChI is InChI=1S/C14H17ClO4/c1-17-12-7-10(6-11(15)14(12)18-2)13(16)9-4-3-5-19-8-9/h6-7,9H,3-5,8H2,1-2H3. The van der Waals surface area contributed by atoms with Crippen LogP contribution in [-0.2, 0) is 4.74 Å². The van der Waals surface area contributed by atoms with E-state index >= 15 is 0 Å². The van der Waals surface area contributed by atoms with Crippen molar-refractivity contribution in [3.63, 3.8) is 0 Å². The maximum absolute atomic E-state index is 12.4. The lowest BCUT2D eigenvalue weighted by Gasteiger charge is -2.21. The molecule has 1 aromatic carbocycles. The Morgan fingerprint density at radius 3 is 2.74 bits per heavy atom. The second-order valence-electron chi connectivity index (χ2n) is 4.47. The number of Topliss-reactive ketones (excluding diaryl/α,β-unsaturated/α-hetero) is 1.